The van der Waals surface area contributed by atoms with Crippen LogP contribution in [0.3, 0.4) is 0 Å². The zero-order valence-electron chi connectivity index (χ0n) is 9.72. The lowest BCUT2D eigenvalue weighted by molar-refractivity contribution is 0.0786. The van der Waals surface area contributed by atoms with Gasteiger partial charge in [-0.2, -0.15) is 0 Å². The summed E-state index contributed by atoms with van der Waals surface area (Å²) >= 11 is 6.57. The smallest absolute Gasteiger partial charge is 0.255 e. The molecule has 0 saturated heterocycles. The van der Waals surface area contributed by atoms with Crippen LogP contribution in [0.5, 0.6) is 0 Å². The number of rotatable bonds is 4. The SMILES string of the molecule is CN(CC1CC1)C(=O)c1cc(Cl)sc1S(N)(=O)=O. The first-order valence-electron chi connectivity index (χ1n) is 5.36. The van der Waals surface area contributed by atoms with E-state index >= 15 is 0 Å². The Morgan fingerprint density at radius 1 is 1.61 bits per heavy atom. The molecule has 0 unspecified atom stereocenters. The van der Waals surface area contributed by atoms with Crippen LogP contribution in [-0.4, -0.2) is 32.8 Å². The van der Waals surface area contributed by atoms with Crippen molar-refractivity contribution in [3.8, 4) is 0 Å². The number of carbonyl (C=O) groups excluding carboxylic acids is 1. The lowest BCUT2D eigenvalue weighted by Crippen LogP contribution is -2.30. The fourth-order valence-electron chi connectivity index (χ4n) is 1.68. The Morgan fingerprint density at radius 3 is 2.72 bits per heavy atom. The second-order valence-corrected chi connectivity index (χ2v) is 7.87. The average molecular weight is 309 g/mol. The molecule has 18 heavy (non-hydrogen) atoms. The number of primary sulfonamides is 1. The molecule has 1 aromatic rings. The summed E-state index contributed by atoms with van der Waals surface area (Å²) in [6.07, 6.45) is 2.23. The maximum Gasteiger partial charge on any atom is 0.255 e. The van der Waals surface area contributed by atoms with E-state index in [9.17, 15) is 13.2 Å². The van der Waals surface area contributed by atoms with Crippen LogP contribution >= 0.6 is 22.9 Å². The van der Waals surface area contributed by atoms with E-state index in [1.165, 1.54) is 11.0 Å². The highest BCUT2D eigenvalue weighted by Gasteiger charge is 2.29. The third-order valence-corrected chi connectivity index (χ3v) is 5.47. The predicted molar refractivity (Wildman–Crippen MR) is 70.4 cm³/mol. The molecule has 1 aliphatic carbocycles. The van der Waals surface area contributed by atoms with Crippen molar-refractivity contribution in [2.75, 3.05) is 13.6 Å². The van der Waals surface area contributed by atoms with Gasteiger partial charge in [-0.25, -0.2) is 13.6 Å². The van der Waals surface area contributed by atoms with Crippen LogP contribution in [0, 0.1) is 5.92 Å². The summed E-state index contributed by atoms with van der Waals surface area (Å²) in [7, 11) is -2.27. The maximum atomic E-state index is 12.1. The third-order valence-electron chi connectivity index (χ3n) is 2.73. The molecule has 0 spiro atoms. The molecule has 1 saturated carbocycles. The van der Waals surface area contributed by atoms with Crippen molar-refractivity contribution in [3.63, 3.8) is 0 Å². The molecule has 2 rings (SSSR count). The number of nitrogens with two attached hydrogens (primary N) is 1. The molecule has 100 valence electrons. The highest BCUT2D eigenvalue weighted by atomic mass is 35.5. The summed E-state index contributed by atoms with van der Waals surface area (Å²) in [5.74, 6) is 0.181. The van der Waals surface area contributed by atoms with Gasteiger partial charge in [-0.1, -0.05) is 11.6 Å². The summed E-state index contributed by atoms with van der Waals surface area (Å²) in [4.78, 5) is 13.7. The lowest BCUT2D eigenvalue weighted by Gasteiger charge is -2.16. The maximum absolute atomic E-state index is 12.1. The van der Waals surface area contributed by atoms with Gasteiger partial charge in [0, 0.05) is 13.6 Å². The van der Waals surface area contributed by atoms with Crippen LogP contribution in [0.25, 0.3) is 0 Å². The van der Waals surface area contributed by atoms with E-state index in [1.807, 2.05) is 0 Å². The Balaban J connectivity index is 2.29. The minimum absolute atomic E-state index is 0.0654. The summed E-state index contributed by atoms with van der Waals surface area (Å²) in [5, 5.41) is 5.08. The molecular weight excluding hydrogens is 296 g/mol. The van der Waals surface area contributed by atoms with E-state index in [0.717, 1.165) is 24.2 Å². The zero-order valence-corrected chi connectivity index (χ0v) is 12.1. The Morgan fingerprint density at radius 2 is 2.22 bits per heavy atom. The third kappa shape index (κ3) is 3.03. The number of sulfonamides is 1. The molecule has 5 nitrogen and oxygen atoms in total. The molecule has 1 heterocycles. The van der Waals surface area contributed by atoms with Gasteiger partial charge in [-0.05, 0) is 24.8 Å². The molecule has 1 aromatic heterocycles. The summed E-state index contributed by atoms with van der Waals surface area (Å²) < 4.78 is 22.8. The lowest BCUT2D eigenvalue weighted by atomic mass is 10.3. The van der Waals surface area contributed by atoms with Gasteiger partial charge in [0.05, 0.1) is 9.90 Å². The van der Waals surface area contributed by atoms with Crippen molar-refractivity contribution >= 4 is 38.9 Å². The number of nitrogens with zero attached hydrogens (tertiary/aromatic N) is 1. The number of amides is 1. The molecule has 0 aromatic carbocycles. The highest BCUT2D eigenvalue weighted by molar-refractivity contribution is 7.91. The van der Waals surface area contributed by atoms with Crippen LogP contribution in [0.4, 0.5) is 0 Å². The predicted octanol–water partition coefficient (Wildman–Crippen LogP) is 1.53. The van der Waals surface area contributed by atoms with Gasteiger partial charge >= 0.3 is 0 Å². The number of thiophene rings is 1. The van der Waals surface area contributed by atoms with Crippen LogP contribution in [0.2, 0.25) is 4.34 Å². The fraction of sp³-hybridized carbons (Fsp3) is 0.500. The van der Waals surface area contributed by atoms with Crippen molar-refractivity contribution in [2.45, 2.75) is 17.1 Å². The molecule has 1 amide bonds. The minimum atomic E-state index is -3.92. The Bertz CT molecular complexity index is 578. The van der Waals surface area contributed by atoms with E-state index < -0.39 is 10.0 Å². The quantitative estimate of drug-likeness (QED) is 0.916. The largest absolute Gasteiger partial charge is 0.341 e. The topological polar surface area (TPSA) is 80.5 Å². The van der Waals surface area contributed by atoms with Gasteiger partial charge < -0.3 is 4.90 Å². The minimum Gasteiger partial charge on any atom is -0.341 e. The van der Waals surface area contributed by atoms with Crippen molar-refractivity contribution in [3.05, 3.63) is 16.0 Å². The highest BCUT2D eigenvalue weighted by Crippen LogP contribution is 2.33. The number of hydrogen-bond acceptors (Lipinski definition) is 4. The molecule has 8 heteroatoms. The number of halogens is 1. The van der Waals surface area contributed by atoms with Gasteiger partial charge in [-0.15, -0.1) is 11.3 Å². The molecule has 1 fully saturated rings. The van der Waals surface area contributed by atoms with Crippen molar-refractivity contribution in [1.82, 2.24) is 4.90 Å². The fourth-order valence-corrected chi connectivity index (χ4v) is 3.96. The zero-order chi connectivity index (χ0) is 13.5. The molecule has 0 bridgehead atoms. The molecular formula is C10H13ClN2O3S2. The summed E-state index contributed by atoms with van der Waals surface area (Å²) in [6, 6.07) is 1.36. The van der Waals surface area contributed by atoms with E-state index in [4.69, 9.17) is 16.7 Å². The van der Waals surface area contributed by atoms with Crippen molar-refractivity contribution in [1.29, 1.82) is 0 Å². The summed E-state index contributed by atoms with van der Waals surface area (Å²) in [6.45, 7) is 0.635. The van der Waals surface area contributed by atoms with E-state index in [-0.39, 0.29) is 20.0 Å². The van der Waals surface area contributed by atoms with E-state index in [1.54, 1.807) is 7.05 Å². The van der Waals surface area contributed by atoms with Crippen LogP contribution in [0.15, 0.2) is 10.3 Å². The summed E-state index contributed by atoms with van der Waals surface area (Å²) in [5.41, 5.74) is 0.0654. The van der Waals surface area contributed by atoms with Gasteiger partial charge in [0.1, 0.15) is 4.21 Å². The van der Waals surface area contributed by atoms with Gasteiger partial charge in [-0.3, -0.25) is 4.79 Å². The van der Waals surface area contributed by atoms with Crippen molar-refractivity contribution < 1.29 is 13.2 Å². The average Bonchev–Trinajstić information content (AvgIpc) is 2.96. The van der Waals surface area contributed by atoms with Crippen molar-refractivity contribution in [2.24, 2.45) is 11.1 Å². The molecule has 2 N–H and O–H groups in total. The van der Waals surface area contributed by atoms with Gasteiger partial charge in [0.2, 0.25) is 10.0 Å². The first-order valence-corrected chi connectivity index (χ1v) is 8.10. The molecule has 1 aliphatic rings. The van der Waals surface area contributed by atoms with Crippen LogP contribution in [0.1, 0.15) is 23.2 Å². The van der Waals surface area contributed by atoms with Crippen LogP contribution in [-0.2, 0) is 10.0 Å². The first-order chi connectivity index (χ1) is 8.29. The van der Waals surface area contributed by atoms with Crippen LogP contribution < -0.4 is 5.14 Å². The van der Waals surface area contributed by atoms with E-state index in [0.29, 0.717) is 12.5 Å². The molecule has 0 aliphatic heterocycles. The Labute approximate surface area is 115 Å². The first kappa shape index (κ1) is 13.8. The standard InChI is InChI=1S/C10H13ClN2O3S2/c1-13(5-6-2-3-6)9(14)7-4-8(11)17-10(7)18(12,15)16/h4,6H,2-3,5H2,1H3,(H2,12,15,16). The Hall–Kier alpha value is -0.630. The monoisotopic (exact) mass is 308 g/mol. The van der Waals surface area contributed by atoms with Gasteiger partial charge in [0.15, 0.2) is 0 Å². The Kier molecular flexibility index (Phi) is 3.68. The van der Waals surface area contributed by atoms with Gasteiger partial charge in [0.25, 0.3) is 5.91 Å². The second kappa shape index (κ2) is 4.80. The number of hydrogen-bond donors (Lipinski definition) is 1. The van der Waals surface area contributed by atoms with E-state index in [2.05, 4.69) is 0 Å². The normalized spacial score (nSPS) is 15.7. The molecule has 0 atom stereocenters. The molecule has 0 radical (unpaired) electrons. The second-order valence-electron chi connectivity index (χ2n) is 4.43. The number of carbonyl (C=O) groups is 1.